The summed E-state index contributed by atoms with van der Waals surface area (Å²) in [6, 6.07) is 11.6. The molecule has 4 rings (SSSR count). The van der Waals surface area contributed by atoms with Gasteiger partial charge >= 0.3 is 12.3 Å². The van der Waals surface area contributed by atoms with Gasteiger partial charge in [0, 0.05) is 35.9 Å². The summed E-state index contributed by atoms with van der Waals surface area (Å²) in [5, 5.41) is 0. The number of ether oxygens (including phenoxy) is 2. The van der Waals surface area contributed by atoms with Crippen LogP contribution in [0.5, 0.6) is 5.75 Å². The van der Waals surface area contributed by atoms with Crippen LogP contribution in [0.2, 0.25) is 0 Å². The first-order valence-electron chi connectivity index (χ1n) is 10.3. The van der Waals surface area contributed by atoms with E-state index in [-0.39, 0.29) is 17.6 Å². The van der Waals surface area contributed by atoms with Crippen molar-refractivity contribution in [1.82, 2.24) is 9.55 Å². The molecule has 0 bridgehead atoms. The third-order valence-corrected chi connectivity index (χ3v) is 5.48. The number of esters is 1. The van der Waals surface area contributed by atoms with E-state index in [0.717, 1.165) is 35.5 Å². The van der Waals surface area contributed by atoms with Gasteiger partial charge in [-0.3, -0.25) is 4.79 Å². The molecular formula is C25H21F3N2O3. The zero-order chi connectivity index (χ0) is 23.6. The second-order valence-electron chi connectivity index (χ2n) is 7.81. The number of alkyl halides is 3. The fraction of sp³-hybridized carbons (Fsp3) is 0.280. The first-order valence-corrected chi connectivity index (χ1v) is 10.3. The Bertz CT molecular complexity index is 1230. The molecule has 0 N–H and O–H groups in total. The van der Waals surface area contributed by atoms with Crippen molar-refractivity contribution in [3.8, 4) is 28.8 Å². The lowest BCUT2D eigenvalue weighted by atomic mass is 10.00. The van der Waals surface area contributed by atoms with Crippen LogP contribution < -0.4 is 4.74 Å². The van der Waals surface area contributed by atoms with Gasteiger partial charge in [-0.05, 0) is 49.2 Å². The highest BCUT2D eigenvalue weighted by Gasteiger charge is 2.31. The van der Waals surface area contributed by atoms with Gasteiger partial charge in [-0.2, -0.15) is 0 Å². The molecule has 0 aliphatic carbocycles. The Hall–Kier alpha value is -3.73. The van der Waals surface area contributed by atoms with Crippen molar-refractivity contribution >= 4 is 5.97 Å². The van der Waals surface area contributed by atoms with Crippen LogP contribution in [0.25, 0.3) is 11.3 Å². The van der Waals surface area contributed by atoms with Crippen molar-refractivity contribution in [1.29, 1.82) is 0 Å². The van der Waals surface area contributed by atoms with Crippen LogP contribution >= 0.6 is 0 Å². The van der Waals surface area contributed by atoms with Crippen molar-refractivity contribution in [2.24, 2.45) is 5.92 Å². The first-order chi connectivity index (χ1) is 15.7. The van der Waals surface area contributed by atoms with Crippen LogP contribution in [-0.4, -0.2) is 29.0 Å². The van der Waals surface area contributed by atoms with Crippen LogP contribution in [-0.2, 0) is 22.5 Å². The van der Waals surface area contributed by atoms with E-state index in [1.807, 2.05) is 35.0 Å². The van der Waals surface area contributed by atoms with E-state index in [2.05, 4.69) is 16.6 Å². The number of fused-ring (bicyclic) bond motifs is 1. The molecule has 0 fully saturated rings. The summed E-state index contributed by atoms with van der Waals surface area (Å²) in [6.45, 7) is 2.24. The molecule has 0 amide bonds. The highest BCUT2D eigenvalue weighted by Crippen LogP contribution is 2.26. The fourth-order valence-corrected chi connectivity index (χ4v) is 3.78. The molecule has 170 valence electrons. The van der Waals surface area contributed by atoms with E-state index in [9.17, 15) is 18.0 Å². The monoisotopic (exact) mass is 454 g/mol. The van der Waals surface area contributed by atoms with Crippen molar-refractivity contribution in [3.63, 3.8) is 0 Å². The minimum Gasteiger partial charge on any atom is -0.469 e. The second-order valence-corrected chi connectivity index (χ2v) is 7.81. The maximum Gasteiger partial charge on any atom is 0.573 e. The predicted molar refractivity (Wildman–Crippen MR) is 115 cm³/mol. The molecule has 1 aliphatic rings. The van der Waals surface area contributed by atoms with Gasteiger partial charge in [-0.15, -0.1) is 13.2 Å². The molecule has 0 saturated carbocycles. The van der Waals surface area contributed by atoms with Crippen LogP contribution in [0.15, 0.2) is 48.7 Å². The quantitative estimate of drug-likeness (QED) is 0.418. The zero-order valence-corrected chi connectivity index (χ0v) is 18.1. The van der Waals surface area contributed by atoms with E-state index >= 15 is 0 Å². The minimum atomic E-state index is -4.72. The topological polar surface area (TPSA) is 53.4 Å². The molecule has 0 spiro atoms. The van der Waals surface area contributed by atoms with E-state index in [1.54, 1.807) is 6.92 Å². The summed E-state index contributed by atoms with van der Waals surface area (Å²) < 4.78 is 47.9. The Morgan fingerprint density at radius 3 is 2.58 bits per heavy atom. The van der Waals surface area contributed by atoms with Crippen LogP contribution in [0.4, 0.5) is 13.2 Å². The number of methoxy groups -OCH3 is 1. The van der Waals surface area contributed by atoms with Gasteiger partial charge in [-0.25, -0.2) is 4.98 Å². The molecule has 33 heavy (non-hydrogen) atoms. The number of imidazole rings is 1. The van der Waals surface area contributed by atoms with E-state index in [4.69, 9.17) is 9.72 Å². The first kappa shape index (κ1) is 22.5. The van der Waals surface area contributed by atoms with E-state index < -0.39 is 6.36 Å². The number of nitrogens with zero attached hydrogens (tertiary/aromatic N) is 2. The Balaban J connectivity index is 1.47. The molecule has 8 heteroatoms. The standard InChI is InChI=1S/C25H21F3N2O3/c1-16-13-21(33-25(26,27)28)11-9-18(16)6-3-17-4-7-19(8-5-17)22-15-30-14-20(24(31)32-2)10-12-23(30)29-22/h4-5,7-9,11,13,15,20H,10,12,14H2,1-2H3. The number of aryl methyl sites for hydroxylation is 2. The van der Waals surface area contributed by atoms with Crippen LogP contribution in [0, 0.1) is 24.7 Å². The molecule has 5 nitrogen and oxygen atoms in total. The van der Waals surface area contributed by atoms with Gasteiger partial charge in [-0.1, -0.05) is 24.0 Å². The Morgan fingerprint density at radius 1 is 1.15 bits per heavy atom. The number of carbonyl (C=O) groups is 1. The molecule has 3 aromatic rings. The number of hydrogen-bond donors (Lipinski definition) is 0. The lowest BCUT2D eigenvalue weighted by Gasteiger charge is -2.21. The molecule has 0 saturated heterocycles. The molecule has 1 aliphatic heterocycles. The molecule has 2 aromatic carbocycles. The highest BCUT2D eigenvalue weighted by molar-refractivity contribution is 5.72. The second kappa shape index (κ2) is 9.02. The fourth-order valence-electron chi connectivity index (χ4n) is 3.78. The lowest BCUT2D eigenvalue weighted by Crippen LogP contribution is -2.27. The number of halogens is 3. The summed E-state index contributed by atoms with van der Waals surface area (Å²) in [6.07, 6.45) is -1.34. The van der Waals surface area contributed by atoms with Gasteiger partial charge in [0.25, 0.3) is 0 Å². The average Bonchev–Trinajstić information content (AvgIpc) is 3.20. The van der Waals surface area contributed by atoms with Gasteiger partial charge in [0.2, 0.25) is 0 Å². The SMILES string of the molecule is COC(=O)C1CCc2nc(-c3ccc(C#Cc4ccc(OC(F)(F)F)cc4C)cc3)cn2C1. The maximum absolute atomic E-state index is 12.4. The van der Waals surface area contributed by atoms with Crippen molar-refractivity contribution in [2.75, 3.05) is 7.11 Å². The van der Waals surface area contributed by atoms with Gasteiger partial charge in [0.05, 0.1) is 18.7 Å². The third-order valence-electron chi connectivity index (χ3n) is 5.48. The maximum atomic E-state index is 12.4. The summed E-state index contributed by atoms with van der Waals surface area (Å²) >= 11 is 0. The number of aromatic nitrogens is 2. The van der Waals surface area contributed by atoms with Crippen molar-refractivity contribution in [3.05, 3.63) is 71.2 Å². The van der Waals surface area contributed by atoms with Gasteiger partial charge < -0.3 is 14.0 Å². The largest absolute Gasteiger partial charge is 0.573 e. The third kappa shape index (κ3) is 5.37. The lowest BCUT2D eigenvalue weighted by molar-refractivity contribution is -0.274. The molecule has 1 atom stereocenters. The highest BCUT2D eigenvalue weighted by atomic mass is 19.4. The van der Waals surface area contributed by atoms with Gasteiger partial charge in [0.1, 0.15) is 11.6 Å². The summed E-state index contributed by atoms with van der Waals surface area (Å²) in [4.78, 5) is 16.5. The van der Waals surface area contributed by atoms with Crippen molar-refractivity contribution in [2.45, 2.75) is 32.7 Å². The van der Waals surface area contributed by atoms with E-state index in [1.165, 1.54) is 25.3 Å². The Labute approximate surface area is 189 Å². The number of rotatable bonds is 3. The molecule has 0 radical (unpaired) electrons. The van der Waals surface area contributed by atoms with E-state index in [0.29, 0.717) is 17.7 Å². The number of hydrogen-bond acceptors (Lipinski definition) is 4. The predicted octanol–water partition coefficient (Wildman–Crippen LogP) is 4.89. The molecule has 2 heterocycles. The van der Waals surface area contributed by atoms with Gasteiger partial charge in [0.15, 0.2) is 0 Å². The Kier molecular flexibility index (Phi) is 6.14. The Morgan fingerprint density at radius 2 is 1.91 bits per heavy atom. The summed E-state index contributed by atoms with van der Waals surface area (Å²) in [5.74, 6) is 6.35. The average molecular weight is 454 g/mol. The van der Waals surface area contributed by atoms with Crippen LogP contribution in [0.1, 0.15) is 28.9 Å². The van der Waals surface area contributed by atoms with Crippen LogP contribution in [0.3, 0.4) is 0 Å². The molecule has 1 aromatic heterocycles. The number of carbonyl (C=O) groups excluding carboxylic acids is 1. The zero-order valence-electron chi connectivity index (χ0n) is 18.1. The smallest absolute Gasteiger partial charge is 0.469 e. The summed E-state index contributed by atoms with van der Waals surface area (Å²) in [7, 11) is 1.40. The normalized spacial score (nSPS) is 15.2. The summed E-state index contributed by atoms with van der Waals surface area (Å²) in [5.41, 5.74) is 3.74. The number of benzene rings is 2. The minimum absolute atomic E-state index is 0.153. The molecule has 1 unspecified atom stereocenters. The molecular weight excluding hydrogens is 433 g/mol. The van der Waals surface area contributed by atoms with Crippen molar-refractivity contribution < 1.29 is 27.4 Å².